The fourth-order valence-electron chi connectivity index (χ4n) is 8.25. The number of carbonyl (C=O) groups excluding carboxylic acids is 5. The molecule has 1 unspecified atom stereocenters. The number of amides is 5. The Balaban J connectivity index is 0.900. The van der Waals surface area contributed by atoms with Crippen molar-refractivity contribution < 1.29 is 24.0 Å². The number of hydrogen-bond acceptors (Lipinski definition) is 7. The van der Waals surface area contributed by atoms with Crippen LogP contribution in [0, 0.1) is 11.8 Å². The predicted molar refractivity (Wildman–Crippen MR) is 174 cm³/mol. The van der Waals surface area contributed by atoms with Gasteiger partial charge in [-0.15, -0.1) is 0 Å². The van der Waals surface area contributed by atoms with Crippen molar-refractivity contribution in [2.45, 2.75) is 82.7 Å². The molecule has 1 aliphatic carbocycles. The molecule has 10 nitrogen and oxygen atoms in total. The van der Waals surface area contributed by atoms with Crippen molar-refractivity contribution in [1.29, 1.82) is 0 Å². The summed E-state index contributed by atoms with van der Waals surface area (Å²) in [5, 5.41) is 5.46. The number of nitrogens with zero attached hydrogens (tertiary/aromatic N) is 3. The first kappa shape index (κ1) is 30.4. The van der Waals surface area contributed by atoms with Gasteiger partial charge in [0.25, 0.3) is 17.7 Å². The van der Waals surface area contributed by atoms with Crippen LogP contribution in [-0.4, -0.2) is 72.7 Å². The molecule has 4 aliphatic heterocycles. The zero-order valence-electron chi connectivity index (χ0n) is 26.3. The Bertz CT molecular complexity index is 1520. The van der Waals surface area contributed by atoms with Crippen molar-refractivity contribution in [1.82, 2.24) is 15.5 Å². The molecule has 1 saturated carbocycles. The van der Waals surface area contributed by atoms with Gasteiger partial charge < -0.3 is 15.1 Å². The molecular weight excluding hydrogens is 582 g/mol. The molecule has 5 amide bonds. The summed E-state index contributed by atoms with van der Waals surface area (Å²) in [5.74, 6) is -0.526. The van der Waals surface area contributed by atoms with Gasteiger partial charge in [-0.3, -0.25) is 34.2 Å². The minimum atomic E-state index is -0.951. The van der Waals surface area contributed by atoms with Crippen LogP contribution in [0.4, 0.5) is 11.4 Å². The number of hydrogen-bond donors (Lipinski definition) is 2. The van der Waals surface area contributed by atoms with Crippen LogP contribution in [0.1, 0.15) is 102 Å². The van der Waals surface area contributed by atoms with E-state index in [1.54, 1.807) is 12.1 Å². The highest BCUT2D eigenvalue weighted by atomic mass is 16.2. The summed E-state index contributed by atoms with van der Waals surface area (Å²) >= 11 is 0. The van der Waals surface area contributed by atoms with E-state index in [1.165, 1.54) is 24.9 Å². The predicted octanol–water partition coefficient (Wildman–Crippen LogP) is 4.28. The molecule has 5 aliphatic rings. The lowest BCUT2D eigenvalue weighted by Gasteiger charge is -2.41. The first-order valence-electron chi connectivity index (χ1n) is 17.1. The molecule has 2 aromatic rings. The summed E-state index contributed by atoms with van der Waals surface area (Å²) in [6, 6.07) is 12.9. The lowest BCUT2D eigenvalue weighted by molar-refractivity contribution is -0.136. The summed E-state index contributed by atoms with van der Waals surface area (Å²) in [6.07, 6.45) is 10.6. The van der Waals surface area contributed by atoms with Gasteiger partial charge in [-0.25, -0.2) is 0 Å². The van der Waals surface area contributed by atoms with E-state index in [2.05, 4.69) is 32.6 Å². The number of benzene rings is 2. The summed E-state index contributed by atoms with van der Waals surface area (Å²) in [4.78, 5) is 68.8. The Labute approximate surface area is 269 Å². The van der Waals surface area contributed by atoms with Gasteiger partial charge in [-0.05, 0) is 99.2 Å². The number of fused-ring (bicyclic) bond motifs is 1. The van der Waals surface area contributed by atoms with Gasteiger partial charge in [0.2, 0.25) is 11.8 Å². The van der Waals surface area contributed by atoms with E-state index in [4.69, 9.17) is 0 Å². The van der Waals surface area contributed by atoms with Crippen LogP contribution in [0.5, 0.6) is 0 Å². The molecular formula is C36H43N5O5. The molecule has 4 heterocycles. The van der Waals surface area contributed by atoms with E-state index in [9.17, 15) is 24.0 Å². The molecule has 0 aromatic heterocycles. The second-order valence-corrected chi connectivity index (χ2v) is 13.7. The zero-order chi connectivity index (χ0) is 31.8. The number of rotatable bonds is 6. The van der Waals surface area contributed by atoms with Gasteiger partial charge in [0.15, 0.2) is 0 Å². The van der Waals surface area contributed by atoms with Crippen LogP contribution in [0.3, 0.4) is 0 Å². The fraction of sp³-hybridized carbons (Fsp3) is 0.528. The smallest absolute Gasteiger partial charge is 0.262 e. The van der Waals surface area contributed by atoms with Crippen molar-refractivity contribution in [2.75, 3.05) is 36.0 Å². The number of nitrogens with one attached hydrogen (secondary N) is 2. The van der Waals surface area contributed by atoms with Gasteiger partial charge in [0.05, 0.1) is 11.1 Å². The van der Waals surface area contributed by atoms with Crippen LogP contribution >= 0.6 is 0 Å². The second kappa shape index (κ2) is 12.9. The lowest BCUT2D eigenvalue weighted by atomic mass is 9.78. The maximum absolute atomic E-state index is 13.3. The van der Waals surface area contributed by atoms with Crippen LogP contribution in [0.2, 0.25) is 0 Å². The molecule has 7 rings (SSSR count). The van der Waals surface area contributed by atoms with E-state index < -0.39 is 23.8 Å². The van der Waals surface area contributed by atoms with Gasteiger partial charge in [-0.1, -0.05) is 19.3 Å². The highest BCUT2D eigenvalue weighted by Gasteiger charge is 2.45. The molecule has 3 saturated heterocycles. The van der Waals surface area contributed by atoms with E-state index in [0.717, 1.165) is 80.9 Å². The van der Waals surface area contributed by atoms with Crippen molar-refractivity contribution in [3.8, 4) is 0 Å². The van der Waals surface area contributed by atoms with Gasteiger partial charge in [-0.2, -0.15) is 0 Å². The molecule has 2 N–H and O–H groups in total. The Kier molecular flexibility index (Phi) is 8.53. The molecule has 242 valence electrons. The third kappa shape index (κ3) is 6.01. The van der Waals surface area contributed by atoms with Crippen molar-refractivity contribution in [3.05, 3.63) is 59.2 Å². The van der Waals surface area contributed by atoms with E-state index in [-0.39, 0.29) is 24.7 Å². The second-order valence-electron chi connectivity index (χ2n) is 13.7. The van der Waals surface area contributed by atoms with Crippen molar-refractivity contribution in [2.24, 2.45) is 11.8 Å². The Morgan fingerprint density at radius 3 is 1.89 bits per heavy atom. The highest BCUT2D eigenvalue weighted by Crippen LogP contribution is 2.37. The molecule has 0 radical (unpaired) electrons. The van der Waals surface area contributed by atoms with Gasteiger partial charge >= 0.3 is 0 Å². The van der Waals surface area contributed by atoms with Crippen molar-refractivity contribution in [3.63, 3.8) is 0 Å². The van der Waals surface area contributed by atoms with E-state index in [1.807, 2.05) is 18.2 Å². The SMILES string of the molecule is O=C1CCC(N2C(=O)c3ccc(N4CCC(C5CCN(c6ccc(C(=O)NC7CCCCC7)cc6)CC5)CC4)cc3C2=O)C(=O)N1. The highest BCUT2D eigenvalue weighted by molar-refractivity contribution is 6.23. The Morgan fingerprint density at radius 1 is 0.674 bits per heavy atom. The molecule has 1 atom stereocenters. The fourth-order valence-corrected chi connectivity index (χ4v) is 8.25. The summed E-state index contributed by atoms with van der Waals surface area (Å²) in [7, 11) is 0. The van der Waals surface area contributed by atoms with Crippen molar-refractivity contribution >= 4 is 40.9 Å². The quantitative estimate of drug-likeness (QED) is 0.460. The monoisotopic (exact) mass is 625 g/mol. The molecule has 0 bridgehead atoms. The molecule has 2 aromatic carbocycles. The molecule has 4 fully saturated rings. The van der Waals surface area contributed by atoms with Crippen LogP contribution in [0.15, 0.2) is 42.5 Å². The third-order valence-electron chi connectivity index (χ3n) is 11.0. The summed E-state index contributed by atoms with van der Waals surface area (Å²) in [5.41, 5.74) is 3.50. The van der Waals surface area contributed by atoms with Crippen LogP contribution in [-0.2, 0) is 9.59 Å². The number of carbonyl (C=O) groups is 5. The average Bonchev–Trinajstić information content (AvgIpc) is 3.33. The first-order chi connectivity index (χ1) is 22.4. The number of imide groups is 2. The summed E-state index contributed by atoms with van der Waals surface area (Å²) < 4.78 is 0. The minimum absolute atomic E-state index is 0.0395. The number of anilines is 2. The number of piperidine rings is 3. The topological polar surface area (TPSA) is 119 Å². The van der Waals surface area contributed by atoms with E-state index in [0.29, 0.717) is 29.0 Å². The first-order valence-corrected chi connectivity index (χ1v) is 17.1. The molecule has 0 spiro atoms. The zero-order valence-corrected chi connectivity index (χ0v) is 26.3. The normalized spacial score (nSPS) is 23.5. The summed E-state index contributed by atoms with van der Waals surface area (Å²) in [6.45, 7) is 3.83. The van der Waals surface area contributed by atoms with Crippen LogP contribution < -0.4 is 20.4 Å². The Hall–Kier alpha value is -4.21. The average molecular weight is 626 g/mol. The van der Waals surface area contributed by atoms with Gasteiger partial charge in [0, 0.05) is 55.6 Å². The lowest BCUT2D eigenvalue weighted by Crippen LogP contribution is -2.54. The maximum atomic E-state index is 13.3. The van der Waals surface area contributed by atoms with Crippen LogP contribution in [0.25, 0.3) is 0 Å². The minimum Gasteiger partial charge on any atom is -0.372 e. The van der Waals surface area contributed by atoms with E-state index >= 15 is 0 Å². The standard InChI is InChI=1S/C36H43N5O5/c42-32-13-12-31(34(44)38-32)41-35(45)29-11-10-28(22-30(29)36(41)46)40-20-16-24(17-21-40)23-14-18-39(19-15-23)27-8-6-25(7-9-27)33(43)37-26-4-2-1-3-5-26/h6-11,22-24,26,31H,1-5,12-21H2,(H,37,43)(H,38,42,44). The largest absolute Gasteiger partial charge is 0.372 e. The third-order valence-corrected chi connectivity index (χ3v) is 11.0. The van der Waals surface area contributed by atoms with Gasteiger partial charge in [0.1, 0.15) is 6.04 Å². The maximum Gasteiger partial charge on any atom is 0.262 e. The Morgan fingerprint density at radius 2 is 1.26 bits per heavy atom. The molecule has 46 heavy (non-hydrogen) atoms. The molecule has 10 heteroatoms.